The van der Waals surface area contributed by atoms with Gasteiger partial charge in [-0.3, -0.25) is 4.79 Å². The van der Waals surface area contributed by atoms with Gasteiger partial charge in [0.05, 0.1) is 5.75 Å². The van der Waals surface area contributed by atoms with Crippen LogP contribution < -0.4 is 10.6 Å². The molecule has 19 heavy (non-hydrogen) atoms. The van der Waals surface area contributed by atoms with Gasteiger partial charge in [-0.25, -0.2) is 4.39 Å². The Labute approximate surface area is 117 Å². The number of hydrogen-bond donors (Lipinski definition) is 2. The molecule has 2 rings (SSSR count). The van der Waals surface area contributed by atoms with Crippen molar-refractivity contribution in [3.05, 3.63) is 29.6 Å². The Balaban J connectivity index is 1.78. The lowest BCUT2D eigenvalue weighted by Crippen LogP contribution is -2.30. The second-order valence-electron chi connectivity index (χ2n) is 4.77. The van der Waals surface area contributed by atoms with E-state index in [0.717, 1.165) is 25.9 Å². The third-order valence-electron chi connectivity index (χ3n) is 3.19. The van der Waals surface area contributed by atoms with Crippen LogP contribution in [0.4, 0.5) is 10.1 Å². The standard InChI is InChI=1S/C14H19FN2OS/c1-10-2-3-11(8-13(10)15)17-14(18)9-19-12-4-6-16-7-5-12/h2-3,8,12,16H,4-7,9H2,1H3,(H,17,18). The number of nitrogens with one attached hydrogen (secondary N) is 2. The monoisotopic (exact) mass is 282 g/mol. The highest BCUT2D eigenvalue weighted by atomic mass is 32.2. The second kappa shape index (κ2) is 6.91. The summed E-state index contributed by atoms with van der Waals surface area (Å²) in [6.45, 7) is 3.76. The van der Waals surface area contributed by atoms with E-state index in [1.54, 1.807) is 30.8 Å². The Morgan fingerprint density at radius 1 is 1.47 bits per heavy atom. The van der Waals surface area contributed by atoms with E-state index in [-0.39, 0.29) is 11.7 Å². The van der Waals surface area contributed by atoms with Crippen LogP contribution >= 0.6 is 11.8 Å². The highest BCUT2D eigenvalue weighted by Crippen LogP contribution is 2.20. The number of piperidine rings is 1. The van der Waals surface area contributed by atoms with Crippen molar-refractivity contribution in [2.24, 2.45) is 0 Å². The smallest absolute Gasteiger partial charge is 0.234 e. The Morgan fingerprint density at radius 2 is 2.21 bits per heavy atom. The molecule has 5 heteroatoms. The Kier molecular flexibility index (Phi) is 5.22. The molecule has 0 atom stereocenters. The number of benzene rings is 1. The zero-order chi connectivity index (χ0) is 13.7. The van der Waals surface area contributed by atoms with Gasteiger partial charge in [-0.15, -0.1) is 11.8 Å². The highest BCUT2D eigenvalue weighted by Gasteiger charge is 2.15. The summed E-state index contributed by atoms with van der Waals surface area (Å²) in [7, 11) is 0. The summed E-state index contributed by atoms with van der Waals surface area (Å²) in [6, 6.07) is 4.76. The molecule has 1 saturated heterocycles. The van der Waals surface area contributed by atoms with Crippen LogP contribution in [0.25, 0.3) is 0 Å². The van der Waals surface area contributed by atoms with Crippen molar-refractivity contribution in [2.45, 2.75) is 25.0 Å². The first-order valence-electron chi connectivity index (χ1n) is 6.53. The van der Waals surface area contributed by atoms with Crippen molar-refractivity contribution in [2.75, 3.05) is 24.2 Å². The molecule has 104 valence electrons. The summed E-state index contributed by atoms with van der Waals surface area (Å²) in [5.41, 5.74) is 1.11. The first-order valence-corrected chi connectivity index (χ1v) is 7.58. The lowest BCUT2D eigenvalue weighted by atomic mass is 10.2. The van der Waals surface area contributed by atoms with Gasteiger partial charge in [-0.2, -0.15) is 0 Å². The zero-order valence-electron chi connectivity index (χ0n) is 11.0. The molecular formula is C14H19FN2OS. The summed E-state index contributed by atoms with van der Waals surface area (Å²) in [5, 5.41) is 6.59. The van der Waals surface area contributed by atoms with Crippen LogP contribution in [0.15, 0.2) is 18.2 Å². The summed E-state index contributed by atoms with van der Waals surface area (Å²) < 4.78 is 13.3. The Hall–Kier alpha value is -1.07. The molecule has 1 aromatic carbocycles. The Bertz CT molecular complexity index is 447. The molecule has 1 aliphatic rings. The van der Waals surface area contributed by atoms with Crippen molar-refractivity contribution in [1.29, 1.82) is 0 Å². The number of rotatable bonds is 4. The van der Waals surface area contributed by atoms with E-state index in [9.17, 15) is 9.18 Å². The lowest BCUT2D eigenvalue weighted by Gasteiger charge is -2.21. The maximum absolute atomic E-state index is 13.3. The molecule has 2 N–H and O–H groups in total. The van der Waals surface area contributed by atoms with Crippen molar-refractivity contribution in [1.82, 2.24) is 5.32 Å². The minimum atomic E-state index is -0.288. The summed E-state index contributed by atoms with van der Waals surface area (Å²) in [4.78, 5) is 11.8. The van der Waals surface area contributed by atoms with Gasteiger partial charge in [0.15, 0.2) is 0 Å². The molecule has 0 spiro atoms. The largest absolute Gasteiger partial charge is 0.325 e. The second-order valence-corrected chi connectivity index (χ2v) is 6.06. The predicted molar refractivity (Wildman–Crippen MR) is 78.1 cm³/mol. The fraction of sp³-hybridized carbons (Fsp3) is 0.500. The number of thioether (sulfide) groups is 1. The number of hydrogen-bond acceptors (Lipinski definition) is 3. The van der Waals surface area contributed by atoms with Crippen LogP contribution in [0.5, 0.6) is 0 Å². The molecular weight excluding hydrogens is 263 g/mol. The molecule has 0 radical (unpaired) electrons. The molecule has 0 saturated carbocycles. The SMILES string of the molecule is Cc1ccc(NC(=O)CSC2CCNCC2)cc1F. The molecule has 0 aliphatic carbocycles. The molecule has 1 aliphatic heterocycles. The van der Waals surface area contributed by atoms with Crippen molar-refractivity contribution in [3.8, 4) is 0 Å². The zero-order valence-corrected chi connectivity index (χ0v) is 11.9. The topological polar surface area (TPSA) is 41.1 Å². The quantitative estimate of drug-likeness (QED) is 0.892. The van der Waals surface area contributed by atoms with Gasteiger partial charge >= 0.3 is 0 Å². The van der Waals surface area contributed by atoms with Crippen LogP contribution in [-0.2, 0) is 4.79 Å². The number of carbonyl (C=O) groups excluding carboxylic acids is 1. The number of carbonyl (C=O) groups is 1. The van der Waals surface area contributed by atoms with Crippen LogP contribution in [-0.4, -0.2) is 30.0 Å². The molecule has 0 unspecified atom stereocenters. The van der Waals surface area contributed by atoms with Gasteiger partial charge in [-0.05, 0) is 50.6 Å². The number of anilines is 1. The molecule has 1 amide bonds. The normalized spacial score (nSPS) is 16.3. The first kappa shape index (κ1) is 14.3. The number of amides is 1. The molecule has 3 nitrogen and oxygen atoms in total. The van der Waals surface area contributed by atoms with E-state index in [2.05, 4.69) is 10.6 Å². The van der Waals surface area contributed by atoms with Gasteiger partial charge < -0.3 is 10.6 Å². The minimum absolute atomic E-state index is 0.0632. The van der Waals surface area contributed by atoms with E-state index >= 15 is 0 Å². The summed E-state index contributed by atoms with van der Waals surface area (Å²) in [5.74, 6) is 0.0794. The van der Waals surface area contributed by atoms with E-state index in [1.165, 1.54) is 6.07 Å². The van der Waals surface area contributed by atoms with Gasteiger partial charge in [0.1, 0.15) is 5.82 Å². The molecule has 1 aromatic rings. The lowest BCUT2D eigenvalue weighted by molar-refractivity contribution is -0.113. The molecule has 1 fully saturated rings. The van der Waals surface area contributed by atoms with Crippen LogP contribution in [0.1, 0.15) is 18.4 Å². The fourth-order valence-corrected chi connectivity index (χ4v) is 3.05. The predicted octanol–water partition coefficient (Wildman–Crippen LogP) is 2.56. The van der Waals surface area contributed by atoms with Crippen molar-refractivity contribution < 1.29 is 9.18 Å². The average Bonchev–Trinajstić information content (AvgIpc) is 2.42. The van der Waals surface area contributed by atoms with Crippen molar-refractivity contribution in [3.63, 3.8) is 0 Å². The third kappa shape index (κ3) is 4.51. The number of halogens is 1. The summed E-state index contributed by atoms with van der Waals surface area (Å²) in [6.07, 6.45) is 2.22. The fourth-order valence-electron chi connectivity index (χ4n) is 2.02. The van der Waals surface area contributed by atoms with Crippen LogP contribution in [0.3, 0.4) is 0 Å². The first-order chi connectivity index (χ1) is 9.15. The van der Waals surface area contributed by atoms with Crippen LogP contribution in [0, 0.1) is 12.7 Å². The van der Waals surface area contributed by atoms with Gasteiger partial charge in [0.2, 0.25) is 5.91 Å². The van der Waals surface area contributed by atoms with E-state index in [4.69, 9.17) is 0 Å². The molecule has 0 bridgehead atoms. The van der Waals surface area contributed by atoms with Crippen LogP contribution in [0.2, 0.25) is 0 Å². The Morgan fingerprint density at radius 3 is 2.89 bits per heavy atom. The molecule has 1 heterocycles. The van der Waals surface area contributed by atoms with Gasteiger partial charge in [0.25, 0.3) is 0 Å². The van der Waals surface area contributed by atoms with E-state index in [1.807, 2.05) is 0 Å². The van der Waals surface area contributed by atoms with Gasteiger partial charge in [-0.1, -0.05) is 6.07 Å². The summed E-state index contributed by atoms with van der Waals surface area (Å²) >= 11 is 1.69. The van der Waals surface area contributed by atoms with Gasteiger partial charge in [0, 0.05) is 10.9 Å². The third-order valence-corrected chi connectivity index (χ3v) is 4.56. The van der Waals surface area contributed by atoms with E-state index < -0.39 is 0 Å². The maximum atomic E-state index is 13.3. The van der Waals surface area contributed by atoms with E-state index in [0.29, 0.717) is 22.3 Å². The maximum Gasteiger partial charge on any atom is 0.234 e. The number of aryl methyl sites for hydroxylation is 1. The average molecular weight is 282 g/mol. The van der Waals surface area contributed by atoms with Crippen molar-refractivity contribution >= 4 is 23.4 Å². The highest BCUT2D eigenvalue weighted by molar-refractivity contribution is 8.00. The minimum Gasteiger partial charge on any atom is -0.325 e. The molecule has 0 aromatic heterocycles.